The second-order valence-corrected chi connectivity index (χ2v) is 5.16. The van der Waals surface area contributed by atoms with Crippen molar-refractivity contribution < 1.29 is 9.47 Å². The van der Waals surface area contributed by atoms with E-state index in [2.05, 4.69) is 27.9 Å². The molecule has 0 amide bonds. The molecule has 112 valence electrons. The van der Waals surface area contributed by atoms with Crippen molar-refractivity contribution in [2.45, 2.75) is 33.0 Å². The molecule has 3 rings (SSSR count). The van der Waals surface area contributed by atoms with Gasteiger partial charge in [-0.1, -0.05) is 13.0 Å². The highest BCUT2D eigenvalue weighted by Crippen LogP contribution is 2.30. The molecule has 0 aliphatic carbocycles. The molecule has 0 fully saturated rings. The van der Waals surface area contributed by atoms with Crippen LogP contribution in [-0.2, 0) is 19.6 Å². The maximum Gasteiger partial charge on any atom is 0.161 e. The largest absolute Gasteiger partial charge is 0.486 e. The number of hydrogen-bond donors (Lipinski definition) is 1. The van der Waals surface area contributed by atoms with Crippen LogP contribution in [0, 0.1) is 0 Å². The third-order valence-corrected chi connectivity index (χ3v) is 3.50. The van der Waals surface area contributed by atoms with Gasteiger partial charge in [0, 0.05) is 25.8 Å². The van der Waals surface area contributed by atoms with Crippen LogP contribution in [0.2, 0.25) is 0 Å². The molecule has 2 heterocycles. The van der Waals surface area contributed by atoms with Gasteiger partial charge in [0.2, 0.25) is 0 Å². The minimum Gasteiger partial charge on any atom is -0.486 e. The Morgan fingerprint density at radius 2 is 2.05 bits per heavy atom. The van der Waals surface area contributed by atoms with Crippen molar-refractivity contribution in [2.24, 2.45) is 0 Å². The number of ether oxygens (including phenoxy) is 2. The first kappa shape index (κ1) is 13.9. The summed E-state index contributed by atoms with van der Waals surface area (Å²) in [7, 11) is 0. The van der Waals surface area contributed by atoms with Crippen molar-refractivity contribution in [3.05, 3.63) is 42.0 Å². The van der Waals surface area contributed by atoms with Crippen LogP contribution in [0.5, 0.6) is 11.5 Å². The van der Waals surface area contributed by atoms with Crippen LogP contribution in [0.25, 0.3) is 0 Å². The number of nitrogens with one attached hydrogen (secondary N) is 1. The van der Waals surface area contributed by atoms with E-state index < -0.39 is 0 Å². The van der Waals surface area contributed by atoms with Crippen molar-refractivity contribution in [3.63, 3.8) is 0 Å². The normalized spacial score (nSPS) is 13.4. The molecule has 5 nitrogen and oxygen atoms in total. The highest BCUT2D eigenvalue weighted by Gasteiger charge is 2.11. The van der Waals surface area contributed by atoms with Gasteiger partial charge in [-0.3, -0.25) is 0 Å². The van der Waals surface area contributed by atoms with Crippen molar-refractivity contribution in [1.29, 1.82) is 0 Å². The summed E-state index contributed by atoms with van der Waals surface area (Å²) in [4.78, 5) is 4.21. The van der Waals surface area contributed by atoms with Crippen molar-refractivity contribution in [3.8, 4) is 11.5 Å². The van der Waals surface area contributed by atoms with E-state index in [0.717, 1.165) is 37.6 Å². The van der Waals surface area contributed by atoms with E-state index in [1.165, 1.54) is 11.3 Å². The monoisotopic (exact) mass is 287 g/mol. The molecule has 0 saturated carbocycles. The van der Waals surface area contributed by atoms with Gasteiger partial charge in [0.25, 0.3) is 0 Å². The van der Waals surface area contributed by atoms with E-state index in [9.17, 15) is 0 Å². The van der Waals surface area contributed by atoms with Gasteiger partial charge in [-0.25, -0.2) is 4.98 Å². The van der Waals surface area contributed by atoms with E-state index in [-0.39, 0.29) is 0 Å². The second kappa shape index (κ2) is 6.63. The zero-order chi connectivity index (χ0) is 14.5. The maximum atomic E-state index is 5.60. The molecule has 0 atom stereocenters. The molecule has 0 unspecified atom stereocenters. The van der Waals surface area contributed by atoms with Gasteiger partial charge in [-0.2, -0.15) is 0 Å². The molecule has 0 radical (unpaired) electrons. The van der Waals surface area contributed by atoms with Gasteiger partial charge in [0.1, 0.15) is 13.2 Å². The molecule has 2 aromatic rings. The Bertz CT molecular complexity index is 595. The summed E-state index contributed by atoms with van der Waals surface area (Å²) in [6.07, 6.45) is 4.93. The number of rotatable bonds is 6. The zero-order valence-corrected chi connectivity index (χ0v) is 12.3. The fourth-order valence-electron chi connectivity index (χ4n) is 2.47. The summed E-state index contributed by atoms with van der Waals surface area (Å²) in [5.41, 5.74) is 2.41. The van der Waals surface area contributed by atoms with Gasteiger partial charge in [0.15, 0.2) is 11.5 Å². The van der Waals surface area contributed by atoms with Crippen LogP contribution in [-0.4, -0.2) is 22.8 Å². The molecule has 1 N–H and O–H groups in total. The molecule has 1 aliphatic rings. The van der Waals surface area contributed by atoms with Gasteiger partial charge < -0.3 is 19.4 Å². The Kier molecular flexibility index (Phi) is 4.40. The third-order valence-electron chi connectivity index (χ3n) is 3.50. The van der Waals surface area contributed by atoms with E-state index in [0.29, 0.717) is 13.2 Å². The Balaban J connectivity index is 1.56. The number of nitrogens with zero attached hydrogens (tertiary/aromatic N) is 2. The topological polar surface area (TPSA) is 48.3 Å². The SMILES string of the molecule is CCCn1cncc1CNCc1ccc2c(c1)OCCO2. The van der Waals surface area contributed by atoms with Gasteiger partial charge in [-0.15, -0.1) is 0 Å². The highest BCUT2D eigenvalue weighted by atomic mass is 16.6. The van der Waals surface area contributed by atoms with Crippen molar-refractivity contribution >= 4 is 0 Å². The first-order chi connectivity index (χ1) is 10.4. The van der Waals surface area contributed by atoms with Crippen LogP contribution in [0.3, 0.4) is 0 Å². The van der Waals surface area contributed by atoms with Crippen LogP contribution in [0.1, 0.15) is 24.6 Å². The number of benzene rings is 1. The van der Waals surface area contributed by atoms with Crippen LogP contribution in [0.15, 0.2) is 30.7 Å². The molecular weight excluding hydrogens is 266 g/mol. The Morgan fingerprint density at radius 3 is 2.90 bits per heavy atom. The highest BCUT2D eigenvalue weighted by molar-refractivity contribution is 5.43. The molecule has 0 bridgehead atoms. The fourth-order valence-corrected chi connectivity index (χ4v) is 2.47. The summed E-state index contributed by atoms with van der Waals surface area (Å²) in [6.45, 7) is 6.06. The first-order valence-electron chi connectivity index (χ1n) is 7.45. The molecule has 0 saturated heterocycles. The number of fused-ring (bicyclic) bond motifs is 1. The van der Waals surface area contributed by atoms with E-state index in [4.69, 9.17) is 9.47 Å². The number of aryl methyl sites for hydroxylation is 1. The molecule has 1 aromatic heterocycles. The van der Waals surface area contributed by atoms with Crippen LogP contribution in [0.4, 0.5) is 0 Å². The minimum atomic E-state index is 0.625. The van der Waals surface area contributed by atoms with Crippen molar-refractivity contribution in [1.82, 2.24) is 14.9 Å². The summed E-state index contributed by atoms with van der Waals surface area (Å²) in [5.74, 6) is 1.68. The van der Waals surface area contributed by atoms with E-state index in [1.807, 2.05) is 24.7 Å². The quantitative estimate of drug-likeness (QED) is 0.886. The average molecular weight is 287 g/mol. The fraction of sp³-hybridized carbons (Fsp3) is 0.438. The van der Waals surface area contributed by atoms with E-state index in [1.54, 1.807) is 0 Å². The molecular formula is C16H21N3O2. The number of imidazole rings is 1. The summed E-state index contributed by atoms with van der Waals surface area (Å²) >= 11 is 0. The Labute approximate surface area is 124 Å². The molecule has 21 heavy (non-hydrogen) atoms. The Morgan fingerprint density at radius 1 is 1.19 bits per heavy atom. The van der Waals surface area contributed by atoms with Crippen LogP contribution >= 0.6 is 0 Å². The lowest BCUT2D eigenvalue weighted by Crippen LogP contribution is -2.17. The third kappa shape index (κ3) is 3.36. The van der Waals surface area contributed by atoms with Gasteiger partial charge in [-0.05, 0) is 24.1 Å². The van der Waals surface area contributed by atoms with Gasteiger partial charge >= 0.3 is 0 Å². The first-order valence-corrected chi connectivity index (χ1v) is 7.45. The molecule has 1 aromatic carbocycles. The lowest BCUT2D eigenvalue weighted by molar-refractivity contribution is 0.171. The maximum absolute atomic E-state index is 5.60. The number of aromatic nitrogens is 2. The standard InChI is InChI=1S/C16H21N3O2/c1-2-5-19-12-18-11-14(19)10-17-9-13-3-4-15-16(8-13)21-7-6-20-15/h3-4,8,11-12,17H,2,5-7,9-10H2,1H3. The van der Waals surface area contributed by atoms with Gasteiger partial charge in [0.05, 0.1) is 12.0 Å². The molecule has 1 aliphatic heterocycles. The zero-order valence-electron chi connectivity index (χ0n) is 12.3. The Hall–Kier alpha value is -2.01. The predicted octanol–water partition coefficient (Wildman–Crippen LogP) is 2.35. The smallest absolute Gasteiger partial charge is 0.161 e. The summed E-state index contributed by atoms with van der Waals surface area (Å²) in [6, 6.07) is 6.10. The van der Waals surface area contributed by atoms with Crippen molar-refractivity contribution in [2.75, 3.05) is 13.2 Å². The lowest BCUT2D eigenvalue weighted by Gasteiger charge is -2.19. The second-order valence-electron chi connectivity index (χ2n) is 5.16. The van der Waals surface area contributed by atoms with E-state index >= 15 is 0 Å². The summed E-state index contributed by atoms with van der Waals surface area (Å²) < 4.78 is 13.3. The molecule has 5 heteroatoms. The predicted molar refractivity (Wildman–Crippen MR) is 80.5 cm³/mol. The number of hydrogen-bond acceptors (Lipinski definition) is 4. The lowest BCUT2D eigenvalue weighted by atomic mass is 10.2. The molecule has 0 spiro atoms. The summed E-state index contributed by atoms with van der Waals surface area (Å²) in [5, 5.41) is 3.45. The average Bonchev–Trinajstić information content (AvgIpc) is 2.95. The minimum absolute atomic E-state index is 0.625. The van der Waals surface area contributed by atoms with Crippen LogP contribution < -0.4 is 14.8 Å².